The van der Waals surface area contributed by atoms with Crippen LogP contribution in [0.3, 0.4) is 0 Å². The number of halogens is 1. The van der Waals surface area contributed by atoms with Crippen LogP contribution in [0.1, 0.15) is 9.75 Å². The first-order chi connectivity index (χ1) is 8.81. The molecule has 1 aromatic carbocycles. The number of hydrogen-bond acceptors (Lipinski definition) is 3. The molecule has 18 heavy (non-hydrogen) atoms. The van der Waals surface area contributed by atoms with Crippen LogP contribution in [0.25, 0.3) is 10.1 Å². The van der Waals surface area contributed by atoms with E-state index in [4.69, 9.17) is 0 Å². The molecule has 2 aromatic heterocycles. The SMILES string of the molecule is Fc1ccc2sc(CNCc3cccs3)cc2c1. The molecular formula is C14H12FNS2. The molecule has 0 bridgehead atoms. The minimum atomic E-state index is -0.168. The van der Waals surface area contributed by atoms with E-state index in [9.17, 15) is 4.39 Å². The molecule has 0 amide bonds. The van der Waals surface area contributed by atoms with Gasteiger partial charge in [-0.3, -0.25) is 0 Å². The maximum atomic E-state index is 13.1. The topological polar surface area (TPSA) is 12.0 Å². The molecule has 0 fully saturated rings. The number of thiophene rings is 2. The van der Waals surface area contributed by atoms with E-state index in [-0.39, 0.29) is 5.82 Å². The Balaban J connectivity index is 1.67. The molecular weight excluding hydrogens is 265 g/mol. The van der Waals surface area contributed by atoms with Crippen LogP contribution in [0, 0.1) is 5.82 Å². The molecule has 0 saturated carbocycles. The van der Waals surface area contributed by atoms with E-state index < -0.39 is 0 Å². The molecule has 1 nitrogen and oxygen atoms in total. The molecule has 0 atom stereocenters. The molecule has 92 valence electrons. The van der Waals surface area contributed by atoms with Gasteiger partial charge in [-0.2, -0.15) is 0 Å². The number of nitrogens with one attached hydrogen (secondary N) is 1. The van der Waals surface area contributed by atoms with Crippen molar-refractivity contribution in [2.75, 3.05) is 0 Å². The fourth-order valence-electron chi connectivity index (χ4n) is 1.88. The molecule has 4 heteroatoms. The fourth-order valence-corrected chi connectivity index (χ4v) is 3.57. The quantitative estimate of drug-likeness (QED) is 0.745. The van der Waals surface area contributed by atoms with Crippen molar-refractivity contribution in [3.05, 3.63) is 57.3 Å². The largest absolute Gasteiger partial charge is 0.307 e. The average Bonchev–Trinajstić information content (AvgIpc) is 2.97. The first-order valence-corrected chi connectivity index (χ1v) is 7.42. The average molecular weight is 277 g/mol. The monoisotopic (exact) mass is 277 g/mol. The van der Waals surface area contributed by atoms with Crippen LogP contribution >= 0.6 is 22.7 Å². The maximum absolute atomic E-state index is 13.1. The van der Waals surface area contributed by atoms with Crippen LogP contribution in [0.5, 0.6) is 0 Å². The van der Waals surface area contributed by atoms with Crippen LogP contribution < -0.4 is 5.32 Å². The Kier molecular flexibility index (Phi) is 3.41. The first-order valence-electron chi connectivity index (χ1n) is 5.72. The molecule has 0 radical (unpaired) electrons. The van der Waals surface area contributed by atoms with E-state index in [1.54, 1.807) is 28.7 Å². The van der Waals surface area contributed by atoms with Gasteiger partial charge in [0.1, 0.15) is 5.82 Å². The summed E-state index contributed by atoms with van der Waals surface area (Å²) in [6.07, 6.45) is 0. The van der Waals surface area contributed by atoms with Crippen LogP contribution in [0.4, 0.5) is 4.39 Å². The number of benzene rings is 1. The molecule has 0 saturated heterocycles. The van der Waals surface area contributed by atoms with E-state index in [0.717, 1.165) is 23.2 Å². The van der Waals surface area contributed by atoms with Gasteiger partial charge in [0, 0.05) is 27.5 Å². The van der Waals surface area contributed by atoms with Crippen molar-refractivity contribution >= 4 is 32.8 Å². The molecule has 1 N–H and O–H groups in total. The van der Waals surface area contributed by atoms with Gasteiger partial charge in [0.15, 0.2) is 0 Å². The maximum Gasteiger partial charge on any atom is 0.123 e. The van der Waals surface area contributed by atoms with Gasteiger partial charge < -0.3 is 5.32 Å². The van der Waals surface area contributed by atoms with Gasteiger partial charge in [-0.1, -0.05) is 6.07 Å². The molecule has 3 rings (SSSR count). The third-order valence-electron chi connectivity index (χ3n) is 2.71. The molecule has 0 aliphatic carbocycles. The fraction of sp³-hybridized carbons (Fsp3) is 0.143. The summed E-state index contributed by atoms with van der Waals surface area (Å²) in [6, 6.07) is 11.2. The van der Waals surface area contributed by atoms with E-state index in [0.29, 0.717) is 0 Å². The van der Waals surface area contributed by atoms with Crippen LogP contribution in [0.15, 0.2) is 41.8 Å². The molecule has 0 aliphatic heterocycles. The van der Waals surface area contributed by atoms with Crippen molar-refractivity contribution in [1.82, 2.24) is 5.32 Å². The molecule has 2 heterocycles. The van der Waals surface area contributed by atoms with Crippen molar-refractivity contribution in [3.63, 3.8) is 0 Å². The van der Waals surface area contributed by atoms with Gasteiger partial charge in [-0.15, -0.1) is 22.7 Å². The Morgan fingerprint density at radius 1 is 1.06 bits per heavy atom. The highest BCUT2D eigenvalue weighted by atomic mass is 32.1. The molecule has 0 spiro atoms. The van der Waals surface area contributed by atoms with Crippen molar-refractivity contribution in [2.45, 2.75) is 13.1 Å². The van der Waals surface area contributed by atoms with Gasteiger partial charge in [0.05, 0.1) is 0 Å². The Labute approximate surface area is 113 Å². The van der Waals surface area contributed by atoms with Crippen LogP contribution in [-0.2, 0) is 13.1 Å². The third kappa shape index (κ3) is 2.61. The highest BCUT2D eigenvalue weighted by Crippen LogP contribution is 2.26. The van der Waals surface area contributed by atoms with Crippen molar-refractivity contribution in [2.24, 2.45) is 0 Å². The van der Waals surface area contributed by atoms with E-state index >= 15 is 0 Å². The second-order valence-corrected chi connectivity index (χ2v) is 6.28. The summed E-state index contributed by atoms with van der Waals surface area (Å²) >= 11 is 3.47. The zero-order valence-electron chi connectivity index (χ0n) is 9.65. The van der Waals surface area contributed by atoms with Gasteiger partial charge in [0.25, 0.3) is 0 Å². The summed E-state index contributed by atoms with van der Waals surface area (Å²) in [7, 11) is 0. The zero-order chi connectivity index (χ0) is 12.4. The standard InChI is InChI=1S/C14H12FNS2/c15-11-3-4-14-10(6-11)7-13(18-14)9-16-8-12-2-1-5-17-12/h1-7,16H,8-9H2. The Bertz CT molecular complexity index is 643. The molecule has 0 aliphatic rings. The van der Waals surface area contributed by atoms with E-state index in [2.05, 4.69) is 28.9 Å². The summed E-state index contributed by atoms with van der Waals surface area (Å²) in [6.45, 7) is 1.72. The van der Waals surface area contributed by atoms with Gasteiger partial charge >= 0.3 is 0 Å². The minimum Gasteiger partial charge on any atom is -0.307 e. The highest BCUT2D eigenvalue weighted by Gasteiger charge is 2.03. The van der Waals surface area contributed by atoms with Crippen molar-refractivity contribution in [3.8, 4) is 0 Å². The van der Waals surface area contributed by atoms with Gasteiger partial charge in [-0.05, 0) is 41.1 Å². The Morgan fingerprint density at radius 2 is 1.94 bits per heavy atom. The lowest BCUT2D eigenvalue weighted by Gasteiger charge is -1.99. The first kappa shape index (κ1) is 11.8. The molecule has 0 unspecified atom stereocenters. The van der Waals surface area contributed by atoms with Gasteiger partial charge in [-0.25, -0.2) is 4.39 Å². The van der Waals surface area contributed by atoms with Crippen LogP contribution in [0.2, 0.25) is 0 Å². The predicted octanol–water partition coefficient (Wildman–Crippen LogP) is 4.39. The van der Waals surface area contributed by atoms with E-state index in [1.807, 2.05) is 6.07 Å². The summed E-state index contributed by atoms with van der Waals surface area (Å²) < 4.78 is 14.2. The summed E-state index contributed by atoms with van der Waals surface area (Å²) in [5.74, 6) is -0.168. The second-order valence-electron chi connectivity index (χ2n) is 4.08. The van der Waals surface area contributed by atoms with Crippen molar-refractivity contribution < 1.29 is 4.39 Å². The highest BCUT2D eigenvalue weighted by molar-refractivity contribution is 7.19. The van der Waals surface area contributed by atoms with Crippen LogP contribution in [-0.4, -0.2) is 0 Å². The number of hydrogen-bond donors (Lipinski definition) is 1. The normalized spacial score (nSPS) is 11.2. The smallest absolute Gasteiger partial charge is 0.123 e. The Hall–Kier alpha value is -1.23. The lowest BCUT2D eigenvalue weighted by atomic mass is 10.2. The zero-order valence-corrected chi connectivity index (χ0v) is 11.3. The minimum absolute atomic E-state index is 0.168. The lowest BCUT2D eigenvalue weighted by molar-refractivity contribution is 0.630. The van der Waals surface area contributed by atoms with Gasteiger partial charge in [0.2, 0.25) is 0 Å². The number of fused-ring (bicyclic) bond motifs is 1. The summed E-state index contributed by atoms with van der Waals surface area (Å²) in [5.41, 5.74) is 0. The predicted molar refractivity (Wildman–Crippen MR) is 76.6 cm³/mol. The summed E-state index contributed by atoms with van der Waals surface area (Å²) in [4.78, 5) is 2.58. The molecule has 3 aromatic rings. The Morgan fingerprint density at radius 3 is 2.78 bits per heavy atom. The second kappa shape index (κ2) is 5.18. The summed E-state index contributed by atoms with van der Waals surface area (Å²) in [5, 5.41) is 6.48. The third-order valence-corrected chi connectivity index (χ3v) is 4.70. The lowest BCUT2D eigenvalue weighted by Crippen LogP contribution is -2.10. The number of rotatable bonds is 4. The van der Waals surface area contributed by atoms with E-state index in [1.165, 1.54) is 15.8 Å². The van der Waals surface area contributed by atoms with Crippen molar-refractivity contribution in [1.29, 1.82) is 0 Å².